The zero-order valence-corrected chi connectivity index (χ0v) is 9.86. The lowest BCUT2D eigenvalue weighted by atomic mass is 10.0. The van der Waals surface area contributed by atoms with E-state index >= 15 is 0 Å². The number of carboxylic acids is 1. The van der Waals surface area contributed by atoms with E-state index in [4.69, 9.17) is 0 Å². The Morgan fingerprint density at radius 2 is 2.00 bits per heavy atom. The van der Waals surface area contributed by atoms with Crippen molar-refractivity contribution in [2.75, 3.05) is 0 Å². The third kappa shape index (κ3) is 4.06. The summed E-state index contributed by atoms with van der Waals surface area (Å²) in [7, 11) is 0. The van der Waals surface area contributed by atoms with Gasteiger partial charge in [-0.1, -0.05) is 12.1 Å². The highest BCUT2D eigenvalue weighted by Crippen LogP contribution is 2.08. The van der Waals surface area contributed by atoms with E-state index in [9.17, 15) is 9.90 Å². The van der Waals surface area contributed by atoms with Gasteiger partial charge in [-0.05, 0) is 40.3 Å². The van der Waals surface area contributed by atoms with Crippen molar-refractivity contribution < 1.29 is 15.6 Å². The zero-order chi connectivity index (χ0) is 10.6. The minimum Gasteiger partial charge on any atom is -0.550 e. The topological polar surface area (TPSA) is 67.8 Å². The van der Waals surface area contributed by atoms with Crippen LogP contribution in [-0.2, 0) is 11.2 Å². The number of benzene rings is 1. The summed E-state index contributed by atoms with van der Waals surface area (Å²) in [6.07, 6.45) is 0.705. The van der Waals surface area contributed by atoms with Crippen LogP contribution in [0.4, 0.5) is 0 Å². The average Bonchev–Trinajstić information content (AvgIpc) is 2.07. The van der Waals surface area contributed by atoms with E-state index in [1.165, 1.54) is 3.57 Å². The first kappa shape index (κ1) is 11.5. The molecule has 3 nitrogen and oxygen atoms in total. The smallest absolute Gasteiger partial charge is 0.0937 e. The average molecular weight is 305 g/mol. The van der Waals surface area contributed by atoms with Crippen LogP contribution in [-0.4, -0.2) is 12.0 Å². The number of halogens is 1. The molecular weight excluding hydrogens is 293 g/mol. The van der Waals surface area contributed by atoms with Crippen molar-refractivity contribution in [1.29, 1.82) is 0 Å². The first-order valence-corrected chi connectivity index (χ1v) is 5.43. The van der Waals surface area contributed by atoms with Crippen molar-refractivity contribution in [3.05, 3.63) is 33.4 Å². The summed E-state index contributed by atoms with van der Waals surface area (Å²) in [4.78, 5) is 10.3. The number of hydrogen-bond donors (Lipinski definition) is 1. The summed E-state index contributed by atoms with van der Waals surface area (Å²) in [6, 6.07) is 7.88. The molecule has 14 heavy (non-hydrogen) atoms. The summed E-state index contributed by atoms with van der Waals surface area (Å²) < 4.78 is 1.17. The molecule has 1 aromatic carbocycles. The Labute approximate surface area is 96.4 Å². The van der Waals surface area contributed by atoms with Crippen LogP contribution in [0.5, 0.6) is 0 Å². The Morgan fingerprint density at radius 3 is 2.50 bits per heavy atom. The number of rotatable bonds is 4. The van der Waals surface area contributed by atoms with Gasteiger partial charge in [-0.2, -0.15) is 0 Å². The highest BCUT2D eigenvalue weighted by molar-refractivity contribution is 14.1. The van der Waals surface area contributed by atoms with E-state index < -0.39 is 5.97 Å². The van der Waals surface area contributed by atoms with E-state index in [0.29, 0.717) is 6.42 Å². The molecule has 1 atom stereocenters. The van der Waals surface area contributed by atoms with Gasteiger partial charge in [0.25, 0.3) is 0 Å². The second kappa shape index (κ2) is 5.31. The summed E-state index contributed by atoms with van der Waals surface area (Å²) in [5.41, 5.74) is 4.89. The van der Waals surface area contributed by atoms with Gasteiger partial charge in [0.2, 0.25) is 0 Å². The summed E-state index contributed by atoms with van der Waals surface area (Å²) in [5, 5.41) is 10.3. The van der Waals surface area contributed by atoms with Crippen molar-refractivity contribution >= 4 is 28.6 Å². The van der Waals surface area contributed by atoms with Crippen molar-refractivity contribution in [3.63, 3.8) is 0 Å². The van der Waals surface area contributed by atoms with Gasteiger partial charge in [-0.15, -0.1) is 0 Å². The molecule has 3 N–H and O–H groups in total. The highest BCUT2D eigenvalue weighted by atomic mass is 127. The molecule has 0 radical (unpaired) electrons. The van der Waals surface area contributed by atoms with Crippen LogP contribution in [0, 0.1) is 3.57 Å². The number of carbonyl (C=O) groups is 1. The van der Waals surface area contributed by atoms with Crippen molar-refractivity contribution in [2.45, 2.75) is 18.9 Å². The van der Waals surface area contributed by atoms with Gasteiger partial charge in [0.15, 0.2) is 0 Å². The summed E-state index contributed by atoms with van der Waals surface area (Å²) in [6.45, 7) is 0. The van der Waals surface area contributed by atoms with Crippen LogP contribution in [0.25, 0.3) is 0 Å². The van der Waals surface area contributed by atoms with Gasteiger partial charge in [-0.3, -0.25) is 0 Å². The second-order valence-electron chi connectivity index (χ2n) is 3.27. The second-order valence-corrected chi connectivity index (χ2v) is 4.52. The standard InChI is InChI=1S/C10H12INO2/c11-8-3-1-7(2-4-8)5-9(12)6-10(13)14/h1-4,9H,5-6,12H2,(H,13,14)/t9-/m0/s1. The van der Waals surface area contributed by atoms with E-state index in [1.54, 1.807) is 0 Å². The van der Waals surface area contributed by atoms with Crippen LogP contribution >= 0.6 is 22.6 Å². The molecule has 0 aromatic heterocycles. The van der Waals surface area contributed by atoms with E-state index in [-0.39, 0.29) is 12.5 Å². The predicted molar refractivity (Wildman–Crippen MR) is 59.2 cm³/mol. The van der Waals surface area contributed by atoms with Gasteiger partial charge >= 0.3 is 0 Å². The predicted octanol–water partition coefficient (Wildman–Crippen LogP) is -0.416. The SMILES string of the molecule is [NH3+][C@H](CC(=O)[O-])Cc1ccc(I)cc1. The Hall–Kier alpha value is -0.620. The minimum atomic E-state index is -1.03. The number of quaternary nitrogens is 1. The summed E-state index contributed by atoms with van der Waals surface area (Å²) >= 11 is 2.23. The molecule has 0 amide bonds. The maximum Gasteiger partial charge on any atom is 0.0937 e. The molecule has 0 fully saturated rings. The van der Waals surface area contributed by atoms with Crippen molar-refractivity contribution in [2.24, 2.45) is 0 Å². The molecule has 0 bridgehead atoms. The molecule has 1 aromatic rings. The molecule has 0 unspecified atom stereocenters. The lowest BCUT2D eigenvalue weighted by Gasteiger charge is -2.08. The molecule has 0 heterocycles. The Kier molecular flexibility index (Phi) is 4.34. The molecule has 0 aliphatic carbocycles. The minimum absolute atomic E-state index is 0.0198. The quantitative estimate of drug-likeness (QED) is 0.768. The van der Waals surface area contributed by atoms with Gasteiger partial charge in [0.05, 0.1) is 6.04 Å². The van der Waals surface area contributed by atoms with Crippen molar-refractivity contribution in [1.82, 2.24) is 0 Å². The Morgan fingerprint density at radius 1 is 1.43 bits per heavy atom. The maximum absolute atomic E-state index is 10.3. The van der Waals surface area contributed by atoms with Crippen LogP contribution in [0.1, 0.15) is 12.0 Å². The first-order chi connectivity index (χ1) is 6.58. The van der Waals surface area contributed by atoms with Crippen LogP contribution in [0.3, 0.4) is 0 Å². The maximum atomic E-state index is 10.3. The zero-order valence-electron chi connectivity index (χ0n) is 7.70. The molecule has 0 aliphatic rings. The van der Waals surface area contributed by atoms with Gasteiger partial charge in [0, 0.05) is 22.4 Å². The molecule has 1 rings (SSSR count). The number of hydrogen-bond acceptors (Lipinski definition) is 2. The molecular formula is C10H12INO2. The molecule has 0 aliphatic heterocycles. The molecule has 0 saturated heterocycles. The third-order valence-corrected chi connectivity index (χ3v) is 2.61. The van der Waals surface area contributed by atoms with Crippen LogP contribution in [0.2, 0.25) is 0 Å². The fourth-order valence-corrected chi connectivity index (χ4v) is 1.62. The summed E-state index contributed by atoms with van der Waals surface area (Å²) in [5.74, 6) is -1.03. The fourth-order valence-electron chi connectivity index (χ4n) is 1.26. The lowest BCUT2D eigenvalue weighted by Crippen LogP contribution is -2.63. The Bertz CT molecular complexity index is 310. The van der Waals surface area contributed by atoms with E-state index in [0.717, 1.165) is 5.56 Å². The fraction of sp³-hybridized carbons (Fsp3) is 0.300. The Balaban J connectivity index is 2.51. The van der Waals surface area contributed by atoms with E-state index in [1.807, 2.05) is 24.3 Å². The van der Waals surface area contributed by atoms with Crippen LogP contribution < -0.4 is 10.8 Å². The monoisotopic (exact) mass is 305 g/mol. The molecule has 0 saturated carbocycles. The normalized spacial score (nSPS) is 12.4. The lowest BCUT2D eigenvalue weighted by molar-refractivity contribution is -0.423. The highest BCUT2D eigenvalue weighted by Gasteiger charge is 2.07. The van der Waals surface area contributed by atoms with Gasteiger partial charge in [0.1, 0.15) is 0 Å². The molecule has 4 heteroatoms. The molecule has 76 valence electrons. The number of aliphatic carboxylic acids is 1. The number of carbonyl (C=O) groups excluding carboxylic acids is 1. The van der Waals surface area contributed by atoms with Crippen molar-refractivity contribution in [3.8, 4) is 0 Å². The van der Waals surface area contributed by atoms with Crippen LogP contribution in [0.15, 0.2) is 24.3 Å². The largest absolute Gasteiger partial charge is 0.550 e. The van der Waals surface area contributed by atoms with E-state index in [2.05, 4.69) is 28.3 Å². The third-order valence-electron chi connectivity index (χ3n) is 1.89. The van der Waals surface area contributed by atoms with Gasteiger partial charge < -0.3 is 15.6 Å². The number of carboxylic acid groups (broad SMARTS) is 1. The van der Waals surface area contributed by atoms with Gasteiger partial charge in [-0.25, -0.2) is 0 Å². The first-order valence-electron chi connectivity index (χ1n) is 4.35. The molecule has 0 spiro atoms.